The molecule has 0 radical (unpaired) electrons. The molecule has 0 aromatic rings. The SMILES string of the molecule is CCOC(=O)C1CCCC1C(=O)[O-]. The van der Waals surface area contributed by atoms with Gasteiger partial charge < -0.3 is 14.6 Å². The summed E-state index contributed by atoms with van der Waals surface area (Å²) in [5.74, 6) is -2.64. The van der Waals surface area contributed by atoms with Crippen molar-refractivity contribution in [3.05, 3.63) is 0 Å². The van der Waals surface area contributed by atoms with Gasteiger partial charge in [0.05, 0.1) is 12.5 Å². The van der Waals surface area contributed by atoms with E-state index in [1.807, 2.05) is 0 Å². The maximum absolute atomic E-state index is 11.2. The molecule has 74 valence electrons. The van der Waals surface area contributed by atoms with Crippen LogP contribution in [0.4, 0.5) is 0 Å². The van der Waals surface area contributed by atoms with Crippen molar-refractivity contribution < 1.29 is 19.4 Å². The topological polar surface area (TPSA) is 66.4 Å². The zero-order chi connectivity index (χ0) is 9.84. The van der Waals surface area contributed by atoms with Crippen LogP contribution in [0.2, 0.25) is 0 Å². The average Bonchev–Trinajstić information content (AvgIpc) is 2.52. The average molecular weight is 185 g/mol. The van der Waals surface area contributed by atoms with E-state index in [4.69, 9.17) is 4.74 Å². The molecule has 0 saturated heterocycles. The standard InChI is InChI=1S/C9H14O4/c1-2-13-9(12)7-5-3-4-6(7)8(10)11/h6-7H,2-5H2,1H3,(H,10,11)/p-1. The summed E-state index contributed by atoms with van der Waals surface area (Å²) in [6.45, 7) is 2.01. The molecular formula is C9H13O4-. The van der Waals surface area contributed by atoms with Crippen LogP contribution in [0.1, 0.15) is 26.2 Å². The van der Waals surface area contributed by atoms with E-state index in [9.17, 15) is 14.7 Å². The van der Waals surface area contributed by atoms with Crippen molar-refractivity contribution in [2.24, 2.45) is 11.8 Å². The van der Waals surface area contributed by atoms with Gasteiger partial charge in [-0.3, -0.25) is 4.79 Å². The second-order valence-electron chi connectivity index (χ2n) is 3.21. The van der Waals surface area contributed by atoms with E-state index >= 15 is 0 Å². The minimum atomic E-state index is -1.13. The fourth-order valence-electron chi connectivity index (χ4n) is 1.77. The van der Waals surface area contributed by atoms with Crippen LogP contribution in [0.5, 0.6) is 0 Å². The number of aliphatic carboxylic acids is 1. The zero-order valence-corrected chi connectivity index (χ0v) is 7.62. The second kappa shape index (κ2) is 4.25. The van der Waals surface area contributed by atoms with E-state index in [2.05, 4.69) is 0 Å². The number of carboxylic acid groups (broad SMARTS) is 1. The molecule has 0 spiro atoms. The molecule has 0 bridgehead atoms. The summed E-state index contributed by atoms with van der Waals surface area (Å²) in [5.41, 5.74) is 0. The Kier molecular flexibility index (Phi) is 3.28. The third-order valence-corrected chi connectivity index (χ3v) is 2.41. The highest BCUT2D eigenvalue weighted by Crippen LogP contribution is 2.32. The number of ether oxygens (including phenoxy) is 1. The maximum Gasteiger partial charge on any atom is 0.309 e. The van der Waals surface area contributed by atoms with Crippen LogP contribution in [0.25, 0.3) is 0 Å². The lowest BCUT2D eigenvalue weighted by Crippen LogP contribution is -2.36. The monoisotopic (exact) mass is 185 g/mol. The minimum Gasteiger partial charge on any atom is -0.550 e. The molecule has 4 nitrogen and oxygen atoms in total. The van der Waals surface area contributed by atoms with E-state index < -0.39 is 23.8 Å². The summed E-state index contributed by atoms with van der Waals surface area (Å²) in [5, 5.41) is 10.6. The van der Waals surface area contributed by atoms with Gasteiger partial charge in [-0.2, -0.15) is 0 Å². The van der Waals surface area contributed by atoms with Crippen molar-refractivity contribution >= 4 is 11.9 Å². The molecule has 0 N–H and O–H groups in total. The van der Waals surface area contributed by atoms with Crippen molar-refractivity contribution in [3.8, 4) is 0 Å². The predicted molar refractivity (Wildman–Crippen MR) is 42.5 cm³/mol. The molecule has 2 unspecified atom stereocenters. The molecule has 1 fully saturated rings. The molecule has 0 aromatic heterocycles. The predicted octanol–water partition coefficient (Wildman–Crippen LogP) is -0.284. The quantitative estimate of drug-likeness (QED) is 0.567. The highest BCUT2D eigenvalue weighted by Gasteiger charge is 2.34. The molecule has 0 amide bonds. The van der Waals surface area contributed by atoms with Crippen LogP contribution < -0.4 is 5.11 Å². The normalized spacial score (nSPS) is 27.2. The van der Waals surface area contributed by atoms with E-state index in [0.717, 1.165) is 6.42 Å². The zero-order valence-electron chi connectivity index (χ0n) is 7.62. The third-order valence-electron chi connectivity index (χ3n) is 2.41. The van der Waals surface area contributed by atoms with E-state index in [1.54, 1.807) is 6.92 Å². The molecule has 0 aliphatic heterocycles. The summed E-state index contributed by atoms with van der Waals surface area (Å²) in [7, 11) is 0. The molecule has 1 aliphatic rings. The highest BCUT2D eigenvalue weighted by molar-refractivity contribution is 5.80. The maximum atomic E-state index is 11.2. The highest BCUT2D eigenvalue weighted by atomic mass is 16.5. The van der Waals surface area contributed by atoms with Crippen LogP contribution in [-0.2, 0) is 14.3 Å². The van der Waals surface area contributed by atoms with Crippen LogP contribution >= 0.6 is 0 Å². The molecule has 1 aliphatic carbocycles. The van der Waals surface area contributed by atoms with Gasteiger partial charge in [-0.15, -0.1) is 0 Å². The van der Waals surface area contributed by atoms with Gasteiger partial charge in [0, 0.05) is 11.9 Å². The fraction of sp³-hybridized carbons (Fsp3) is 0.778. The van der Waals surface area contributed by atoms with Crippen LogP contribution in [0.3, 0.4) is 0 Å². The van der Waals surface area contributed by atoms with E-state index in [1.165, 1.54) is 0 Å². The second-order valence-corrected chi connectivity index (χ2v) is 3.21. The van der Waals surface area contributed by atoms with Gasteiger partial charge >= 0.3 is 5.97 Å². The van der Waals surface area contributed by atoms with Crippen molar-refractivity contribution in [1.29, 1.82) is 0 Å². The van der Waals surface area contributed by atoms with E-state index in [0.29, 0.717) is 19.4 Å². The Balaban J connectivity index is 2.57. The van der Waals surface area contributed by atoms with Gasteiger partial charge in [0.25, 0.3) is 0 Å². The minimum absolute atomic E-state index is 0.301. The fourth-order valence-corrected chi connectivity index (χ4v) is 1.77. The Morgan fingerprint density at radius 2 is 2.00 bits per heavy atom. The first-order valence-electron chi connectivity index (χ1n) is 4.54. The van der Waals surface area contributed by atoms with Gasteiger partial charge in [-0.05, 0) is 19.8 Å². The van der Waals surface area contributed by atoms with Crippen molar-refractivity contribution in [2.75, 3.05) is 6.61 Å². The third kappa shape index (κ3) is 2.20. The lowest BCUT2D eigenvalue weighted by molar-refractivity contribution is -0.312. The first kappa shape index (κ1) is 10.0. The number of carboxylic acids is 1. The Morgan fingerprint density at radius 1 is 1.38 bits per heavy atom. The van der Waals surface area contributed by atoms with Gasteiger partial charge in [0.2, 0.25) is 0 Å². The van der Waals surface area contributed by atoms with Gasteiger partial charge in [0.1, 0.15) is 0 Å². The molecular weight excluding hydrogens is 172 g/mol. The lowest BCUT2D eigenvalue weighted by atomic mass is 9.96. The van der Waals surface area contributed by atoms with Crippen molar-refractivity contribution in [1.82, 2.24) is 0 Å². The molecule has 2 atom stereocenters. The number of carbonyl (C=O) groups excluding carboxylic acids is 2. The first-order valence-corrected chi connectivity index (χ1v) is 4.54. The van der Waals surface area contributed by atoms with Gasteiger partial charge in [0.15, 0.2) is 0 Å². The van der Waals surface area contributed by atoms with Crippen LogP contribution in [0.15, 0.2) is 0 Å². The van der Waals surface area contributed by atoms with Crippen molar-refractivity contribution in [2.45, 2.75) is 26.2 Å². The molecule has 0 heterocycles. The summed E-state index contributed by atoms with van der Waals surface area (Å²) >= 11 is 0. The molecule has 0 aromatic carbocycles. The molecule has 1 saturated carbocycles. The first-order chi connectivity index (χ1) is 6.16. The number of carbonyl (C=O) groups is 2. The Labute approximate surface area is 76.9 Å². The molecule has 4 heteroatoms. The van der Waals surface area contributed by atoms with Crippen LogP contribution in [0, 0.1) is 11.8 Å². The largest absolute Gasteiger partial charge is 0.550 e. The molecule has 13 heavy (non-hydrogen) atoms. The summed E-state index contributed by atoms with van der Waals surface area (Å²) in [6, 6.07) is 0. The summed E-state index contributed by atoms with van der Waals surface area (Å²) in [4.78, 5) is 21.8. The van der Waals surface area contributed by atoms with Gasteiger partial charge in [-0.1, -0.05) is 6.42 Å². The van der Waals surface area contributed by atoms with Crippen molar-refractivity contribution in [3.63, 3.8) is 0 Å². The molecule has 1 rings (SSSR count). The Bertz CT molecular complexity index is 212. The number of hydrogen-bond acceptors (Lipinski definition) is 4. The number of hydrogen-bond donors (Lipinski definition) is 0. The Morgan fingerprint density at radius 3 is 2.54 bits per heavy atom. The summed E-state index contributed by atoms with van der Waals surface area (Å²) in [6.07, 6.45) is 1.91. The number of rotatable bonds is 3. The van der Waals surface area contributed by atoms with E-state index in [-0.39, 0.29) is 0 Å². The Hall–Kier alpha value is -1.06. The van der Waals surface area contributed by atoms with Gasteiger partial charge in [-0.25, -0.2) is 0 Å². The summed E-state index contributed by atoms with van der Waals surface area (Å²) < 4.78 is 4.78. The lowest BCUT2D eigenvalue weighted by Gasteiger charge is -2.18. The smallest absolute Gasteiger partial charge is 0.309 e. The number of esters is 1. The van der Waals surface area contributed by atoms with Crippen LogP contribution in [-0.4, -0.2) is 18.5 Å².